The van der Waals surface area contributed by atoms with Crippen molar-refractivity contribution >= 4 is 5.97 Å². The van der Waals surface area contributed by atoms with Crippen LogP contribution in [-0.4, -0.2) is 20.9 Å². The lowest BCUT2D eigenvalue weighted by Gasteiger charge is -2.07. The molecule has 19 heavy (non-hydrogen) atoms. The minimum Gasteiger partial charge on any atom is -0.478 e. The molecule has 0 amide bonds. The third kappa shape index (κ3) is 2.36. The summed E-state index contributed by atoms with van der Waals surface area (Å²) in [5, 5.41) is 13.4. The Morgan fingerprint density at radius 3 is 2.79 bits per heavy atom. The smallest absolute Gasteiger partial charge is 0.339 e. The molecular formula is C14H15FN2O2. The van der Waals surface area contributed by atoms with Gasteiger partial charge in [0.25, 0.3) is 0 Å². The van der Waals surface area contributed by atoms with Gasteiger partial charge in [-0.3, -0.25) is 4.68 Å². The van der Waals surface area contributed by atoms with E-state index < -0.39 is 11.8 Å². The Kier molecular flexibility index (Phi) is 3.64. The molecule has 0 aliphatic rings. The first kappa shape index (κ1) is 13.3. The van der Waals surface area contributed by atoms with Crippen molar-refractivity contribution in [1.29, 1.82) is 0 Å². The minimum atomic E-state index is -1.27. The molecular weight excluding hydrogens is 247 g/mol. The summed E-state index contributed by atoms with van der Waals surface area (Å²) in [4.78, 5) is 11.2. The van der Waals surface area contributed by atoms with Crippen molar-refractivity contribution in [3.8, 4) is 11.1 Å². The quantitative estimate of drug-likeness (QED) is 0.921. The number of aromatic carboxylic acids is 1. The van der Waals surface area contributed by atoms with Gasteiger partial charge >= 0.3 is 5.97 Å². The number of aryl methyl sites for hydroxylation is 1. The lowest BCUT2D eigenvalue weighted by Crippen LogP contribution is -2.04. The topological polar surface area (TPSA) is 55.1 Å². The third-order valence-corrected chi connectivity index (χ3v) is 3.06. The molecule has 0 aliphatic carbocycles. The maximum atomic E-state index is 13.7. The molecule has 100 valence electrons. The zero-order chi connectivity index (χ0) is 14.0. The lowest BCUT2D eigenvalue weighted by molar-refractivity contribution is 0.0693. The van der Waals surface area contributed by atoms with Crippen molar-refractivity contribution in [2.75, 3.05) is 0 Å². The molecule has 5 heteroatoms. The molecule has 1 heterocycles. The molecule has 0 spiro atoms. The zero-order valence-electron chi connectivity index (χ0n) is 10.9. The molecule has 2 rings (SSSR count). The van der Waals surface area contributed by atoms with Gasteiger partial charge in [-0.15, -0.1) is 0 Å². The van der Waals surface area contributed by atoms with Gasteiger partial charge < -0.3 is 5.11 Å². The average Bonchev–Trinajstić information content (AvgIpc) is 2.71. The van der Waals surface area contributed by atoms with Crippen molar-refractivity contribution in [2.45, 2.75) is 26.8 Å². The monoisotopic (exact) mass is 262 g/mol. The van der Waals surface area contributed by atoms with Crippen LogP contribution in [-0.2, 0) is 6.54 Å². The number of hydrogen-bond acceptors (Lipinski definition) is 2. The fraction of sp³-hybridized carbons (Fsp3) is 0.286. The number of halogens is 1. The van der Waals surface area contributed by atoms with Crippen molar-refractivity contribution in [3.63, 3.8) is 0 Å². The Labute approximate surface area is 110 Å². The van der Waals surface area contributed by atoms with Crippen LogP contribution >= 0.6 is 0 Å². The van der Waals surface area contributed by atoms with E-state index in [1.165, 1.54) is 6.07 Å². The summed E-state index contributed by atoms with van der Waals surface area (Å²) in [6.07, 6.45) is 2.52. The Bertz CT molecular complexity index is 620. The molecule has 0 saturated carbocycles. The van der Waals surface area contributed by atoms with Gasteiger partial charge in [-0.2, -0.15) is 5.10 Å². The first-order valence-corrected chi connectivity index (χ1v) is 6.10. The second kappa shape index (κ2) is 5.22. The number of carbonyl (C=O) groups is 1. The van der Waals surface area contributed by atoms with E-state index in [1.807, 2.05) is 13.8 Å². The van der Waals surface area contributed by atoms with Crippen LogP contribution in [0, 0.1) is 12.7 Å². The molecule has 4 nitrogen and oxygen atoms in total. The van der Waals surface area contributed by atoms with Gasteiger partial charge in [-0.25, -0.2) is 9.18 Å². The Balaban J connectivity index is 2.59. The zero-order valence-corrected chi connectivity index (χ0v) is 10.9. The van der Waals surface area contributed by atoms with Crippen LogP contribution in [0.3, 0.4) is 0 Å². The van der Waals surface area contributed by atoms with Gasteiger partial charge in [0.1, 0.15) is 11.4 Å². The first-order valence-electron chi connectivity index (χ1n) is 6.10. The van der Waals surface area contributed by atoms with Crippen LogP contribution in [0.1, 0.15) is 29.4 Å². The second-order valence-electron chi connectivity index (χ2n) is 4.33. The predicted octanol–water partition coefficient (Wildman–Crippen LogP) is 3.11. The molecule has 0 radical (unpaired) electrons. The van der Waals surface area contributed by atoms with Crippen LogP contribution in [0.15, 0.2) is 24.4 Å². The van der Waals surface area contributed by atoms with Gasteiger partial charge in [-0.05, 0) is 19.4 Å². The van der Waals surface area contributed by atoms with Crippen LogP contribution < -0.4 is 0 Å². The van der Waals surface area contributed by atoms with E-state index in [2.05, 4.69) is 5.10 Å². The molecule has 0 aliphatic heterocycles. The van der Waals surface area contributed by atoms with Gasteiger partial charge in [0.15, 0.2) is 0 Å². The number of aromatic nitrogens is 2. The SMILES string of the molecule is CCCn1ncc(-c2cccc(F)c2C(=O)O)c1C. The van der Waals surface area contributed by atoms with E-state index in [-0.39, 0.29) is 5.56 Å². The van der Waals surface area contributed by atoms with E-state index in [0.29, 0.717) is 11.1 Å². The summed E-state index contributed by atoms with van der Waals surface area (Å²) < 4.78 is 15.5. The number of benzene rings is 1. The fourth-order valence-electron chi connectivity index (χ4n) is 2.11. The Hall–Kier alpha value is -2.17. The fourth-order valence-corrected chi connectivity index (χ4v) is 2.11. The van der Waals surface area contributed by atoms with Crippen LogP contribution in [0.25, 0.3) is 11.1 Å². The minimum absolute atomic E-state index is 0.304. The third-order valence-electron chi connectivity index (χ3n) is 3.06. The summed E-state index contributed by atoms with van der Waals surface area (Å²) in [5.74, 6) is -2.00. The van der Waals surface area contributed by atoms with Gasteiger partial charge in [0.05, 0.1) is 6.20 Å². The lowest BCUT2D eigenvalue weighted by atomic mass is 10.00. The number of carboxylic acid groups (broad SMARTS) is 1. The van der Waals surface area contributed by atoms with Gasteiger partial charge in [-0.1, -0.05) is 19.1 Å². The summed E-state index contributed by atoms with van der Waals surface area (Å²) in [7, 11) is 0. The van der Waals surface area contributed by atoms with Crippen LogP contribution in [0.4, 0.5) is 4.39 Å². The largest absolute Gasteiger partial charge is 0.478 e. The van der Waals surface area contributed by atoms with E-state index in [9.17, 15) is 9.18 Å². The molecule has 1 N–H and O–H groups in total. The van der Waals surface area contributed by atoms with E-state index in [0.717, 1.165) is 24.7 Å². The number of nitrogens with zero attached hydrogens (tertiary/aromatic N) is 2. The van der Waals surface area contributed by atoms with Crippen molar-refractivity contribution in [1.82, 2.24) is 9.78 Å². The highest BCUT2D eigenvalue weighted by Crippen LogP contribution is 2.28. The van der Waals surface area contributed by atoms with E-state index in [4.69, 9.17) is 5.11 Å². The number of carboxylic acids is 1. The number of hydrogen-bond donors (Lipinski definition) is 1. The Morgan fingerprint density at radius 1 is 1.42 bits per heavy atom. The maximum Gasteiger partial charge on any atom is 0.339 e. The van der Waals surface area contributed by atoms with Gasteiger partial charge in [0, 0.05) is 23.4 Å². The van der Waals surface area contributed by atoms with Crippen molar-refractivity contribution < 1.29 is 14.3 Å². The molecule has 0 fully saturated rings. The average molecular weight is 262 g/mol. The molecule has 1 aromatic heterocycles. The Morgan fingerprint density at radius 2 is 2.16 bits per heavy atom. The summed E-state index contributed by atoms with van der Waals surface area (Å²) in [6.45, 7) is 4.64. The second-order valence-corrected chi connectivity index (χ2v) is 4.33. The normalized spacial score (nSPS) is 10.7. The molecule has 0 bridgehead atoms. The molecule has 1 aromatic carbocycles. The first-order chi connectivity index (χ1) is 9.06. The van der Waals surface area contributed by atoms with E-state index >= 15 is 0 Å². The van der Waals surface area contributed by atoms with Crippen molar-refractivity contribution in [3.05, 3.63) is 41.5 Å². The highest BCUT2D eigenvalue weighted by Gasteiger charge is 2.19. The van der Waals surface area contributed by atoms with E-state index in [1.54, 1.807) is 16.9 Å². The van der Waals surface area contributed by atoms with Crippen LogP contribution in [0.2, 0.25) is 0 Å². The highest BCUT2D eigenvalue weighted by molar-refractivity contribution is 5.96. The maximum absolute atomic E-state index is 13.7. The highest BCUT2D eigenvalue weighted by atomic mass is 19.1. The summed E-state index contributed by atoms with van der Waals surface area (Å²) in [6, 6.07) is 4.26. The summed E-state index contributed by atoms with van der Waals surface area (Å²) >= 11 is 0. The standard InChI is InChI=1S/C14H15FN2O2/c1-3-7-17-9(2)11(8-16-17)10-5-4-6-12(15)13(10)14(18)19/h4-6,8H,3,7H2,1-2H3,(H,18,19). The predicted molar refractivity (Wildman–Crippen MR) is 69.6 cm³/mol. The van der Waals surface area contributed by atoms with Crippen LogP contribution in [0.5, 0.6) is 0 Å². The van der Waals surface area contributed by atoms with Crippen molar-refractivity contribution in [2.24, 2.45) is 0 Å². The molecule has 0 saturated heterocycles. The van der Waals surface area contributed by atoms with Gasteiger partial charge in [0.2, 0.25) is 0 Å². The number of rotatable bonds is 4. The molecule has 0 atom stereocenters. The summed E-state index contributed by atoms with van der Waals surface area (Å²) in [5.41, 5.74) is 1.56. The molecule has 0 unspecified atom stereocenters. The molecule has 2 aromatic rings.